The summed E-state index contributed by atoms with van der Waals surface area (Å²) >= 11 is 2.74. The van der Waals surface area contributed by atoms with Gasteiger partial charge in [0.15, 0.2) is 40.0 Å². The molecule has 0 atom stereocenters. The summed E-state index contributed by atoms with van der Waals surface area (Å²) in [5.41, 5.74) is 2.11. The molecule has 0 radical (unpaired) electrons. The summed E-state index contributed by atoms with van der Waals surface area (Å²) in [6, 6.07) is 14.3. The van der Waals surface area contributed by atoms with Crippen LogP contribution in [0.2, 0.25) is 0 Å². The number of para-hydroxylation sites is 1. The summed E-state index contributed by atoms with van der Waals surface area (Å²) < 4.78 is 21.8. The van der Waals surface area contributed by atoms with Gasteiger partial charge in [0.25, 0.3) is 0 Å². The molecular formula is C39H44FN7O5S2. The maximum Gasteiger partial charge on any atom is 0.359 e. The second-order valence-electron chi connectivity index (χ2n) is 13.5. The normalized spacial score (nSPS) is 11.3. The van der Waals surface area contributed by atoms with E-state index in [0.29, 0.717) is 69.2 Å². The van der Waals surface area contributed by atoms with Crippen LogP contribution in [-0.4, -0.2) is 82.0 Å². The van der Waals surface area contributed by atoms with Crippen LogP contribution in [0.25, 0.3) is 10.2 Å². The number of carboxylic acid groups (broad SMARTS) is 2. The Hall–Kier alpha value is -5.17. The van der Waals surface area contributed by atoms with Gasteiger partial charge in [-0.1, -0.05) is 42.2 Å². The number of aromatic nitrogens is 4. The van der Waals surface area contributed by atoms with E-state index in [2.05, 4.69) is 37.3 Å². The fourth-order valence-electron chi connectivity index (χ4n) is 5.68. The Labute approximate surface area is 322 Å². The molecule has 3 aromatic heterocycles. The molecule has 12 nitrogen and oxygen atoms in total. The highest BCUT2D eigenvalue weighted by molar-refractivity contribution is 7.22. The van der Waals surface area contributed by atoms with Gasteiger partial charge in [-0.3, -0.25) is 0 Å². The highest BCUT2D eigenvalue weighted by Crippen LogP contribution is 2.34. The third kappa shape index (κ3) is 11.2. The number of anilines is 4. The number of aryl methyl sites for hydroxylation is 2. The molecule has 15 heteroatoms. The number of rotatable bonds is 19. The van der Waals surface area contributed by atoms with Crippen LogP contribution < -0.4 is 20.1 Å². The van der Waals surface area contributed by atoms with Crippen LogP contribution in [0.1, 0.15) is 71.9 Å². The first-order valence-electron chi connectivity index (χ1n) is 17.8. The lowest BCUT2D eigenvalue weighted by molar-refractivity contribution is -0.883. The number of carboxylic acids is 2. The molecule has 0 fully saturated rings. The van der Waals surface area contributed by atoms with Crippen molar-refractivity contribution in [2.75, 3.05) is 50.6 Å². The van der Waals surface area contributed by atoms with E-state index in [-0.39, 0.29) is 24.6 Å². The first kappa shape index (κ1) is 40.0. The molecule has 5 aromatic rings. The first-order chi connectivity index (χ1) is 25.9. The average molecular weight is 774 g/mol. The molecular weight excluding hydrogens is 730 g/mol. The molecule has 5 rings (SSSR count). The summed E-state index contributed by atoms with van der Waals surface area (Å²) in [6.07, 6.45) is 4.70. The molecule has 284 valence electrons. The van der Waals surface area contributed by atoms with Gasteiger partial charge in [-0.15, -0.1) is 21.5 Å². The summed E-state index contributed by atoms with van der Waals surface area (Å²) in [4.78, 5) is 35.0. The van der Waals surface area contributed by atoms with Crippen LogP contribution in [-0.2, 0) is 11.2 Å². The monoisotopic (exact) mass is 773 g/mol. The number of fused-ring (bicyclic) bond motifs is 1. The number of unbranched alkanes of at least 4 members (excludes halogenated alkanes) is 3. The molecule has 3 heterocycles. The molecule has 0 aliphatic carbocycles. The fraction of sp³-hybridized carbons (Fsp3) is 0.385. The van der Waals surface area contributed by atoms with Crippen molar-refractivity contribution < 1.29 is 33.4 Å². The van der Waals surface area contributed by atoms with Crippen molar-refractivity contribution in [1.29, 1.82) is 0 Å². The first-order valence-corrected chi connectivity index (χ1v) is 19.5. The van der Waals surface area contributed by atoms with Gasteiger partial charge in [-0.05, 0) is 87.4 Å². The smallest absolute Gasteiger partial charge is 0.359 e. The largest absolute Gasteiger partial charge is 0.543 e. The van der Waals surface area contributed by atoms with Gasteiger partial charge >= 0.3 is 5.97 Å². The van der Waals surface area contributed by atoms with Gasteiger partial charge in [-0.25, -0.2) is 19.2 Å². The van der Waals surface area contributed by atoms with Gasteiger partial charge in [0.2, 0.25) is 0 Å². The number of nitrogens with one attached hydrogen (secondary N) is 1. The lowest BCUT2D eigenvalue weighted by Crippen LogP contribution is -2.44. The van der Waals surface area contributed by atoms with E-state index in [1.165, 1.54) is 28.7 Å². The van der Waals surface area contributed by atoms with Crippen LogP contribution in [0, 0.1) is 24.6 Å². The number of ether oxygens (including phenoxy) is 1. The number of carbonyl (C=O) groups is 2. The van der Waals surface area contributed by atoms with E-state index in [1.54, 1.807) is 12.1 Å². The van der Waals surface area contributed by atoms with E-state index in [0.717, 1.165) is 41.5 Å². The van der Waals surface area contributed by atoms with Crippen LogP contribution in [0.5, 0.6) is 5.75 Å². The Bertz CT molecular complexity index is 2110. The molecule has 54 heavy (non-hydrogen) atoms. The van der Waals surface area contributed by atoms with Gasteiger partial charge in [0.1, 0.15) is 5.69 Å². The Morgan fingerprint density at radius 2 is 1.87 bits per heavy atom. The Morgan fingerprint density at radius 1 is 1.06 bits per heavy atom. The number of quaternary nitrogens is 1. The van der Waals surface area contributed by atoms with E-state index >= 15 is 0 Å². The SMILES string of the molecule is CCCC#Cc1ccc(OCCCc2sc(N(CCCCC[N+](C)(C)CC(=O)O)c3cc(C)c(Nc4nc5ccccc5s4)nn3)nc2C(=O)[O-])c(F)c1. The van der Waals surface area contributed by atoms with Crippen molar-refractivity contribution in [2.45, 2.75) is 58.8 Å². The number of benzene rings is 2. The Balaban J connectivity index is 1.31. The summed E-state index contributed by atoms with van der Waals surface area (Å²) in [5, 5.41) is 34.9. The number of aromatic carboxylic acids is 1. The van der Waals surface area contributed by atoms with E-state index < -0.39 is 17.8 Å². The van der Waals surface area contributed by atoms with Crippen molar-refractivity contribution in [3.8, 4) is 17.6 Å². The summed E-state index contributed by atoms with van der Waals surface area (Å²) in [7, 11) is 3.78. The minimum Gasteiger partial charge on any atom is -0.543 e. The highest BCUT2D eigenvalue weighted by Gasteiger charge is 2.22. The van der Waals surface area contributed by atoms with Crippen LogP contribution in [0.3, 0.4) is 0 Å². The molecule has 2 N–H and O–H groups in total. The number of thiazole rings is 2. The molecule has 0 saturated carbocycles. The zero-order valence-electron chi connectivity index (χ0n) is 30.9. The molecule has 0 saturated heterocycles. The van der Waals surface area contributed by atoms with Crippen molar-refractivity contribution in [2.24, 2.45) is 0 Å². The Morgan fingerprint density at radius 3 is 2.59 bits per heavy atom. The van der Waals surface area contributed by atoms with Gasteiger partial charge in [0, 0.05) is 23.4 Å². The maximum absolute atomic E-state index is 14.7. The lowest BCUT2D eigenvalue weighted by Gasteiger charge is -2.28. The molecule has 0 unspecified atom stereocenters. The van der Waals surface area contributed by atoms with Gasteiger partial charge in [0.05, 0.1) is 43.4 Å². The number of nitrogens with zero attached hydrogens (tertiary/aromatic N) is 6. The third-order valence-corrected chi connectivity index (χ3v) is 10.5. The Kier molecular flexibility index (Phi) is 13.9. The number of hydrogen-bond donors (Lipinski definition) is 2. The molecule has 0 aliphatic heterocycles. The van der Waals surface area contributed by atoms with Gasteiger partial charge < -0.3 is 34.4 Å². The van der Waals surface area contributed by atoms with Crippen molar-refractivity contribution in [3.63, 3.8) is 0 Å². The topological polar surface area (TPSA) is 153 Å². The zero-order valence-corrected chi connectivity index (χ0v) is 32.5. The van der Waals surface area contributed by atoms with Gasteiger partial charge in [-0.2, -0.15) is 0 Å². The summed E-state index contributed by atoms with van der Waals surface area (Å²) in [5.74, 6) is 4.34. The van der Waals surface area contributed by atoms with Crippen molar-refractivity contribution >= 4 is 66.7 Å². The van der Waals surface area contributed by atoms with Crippen LogP contribution in [0.4, 0.5) is 26.3 Å². The molecule has 0 bridgehead atoms. The summed E-state index contributed by atoms with van der Waals surface area (Å²) in [6.45, 7) is 5.29. The average Bonchev–Trinajstić information content (AvgIpc) is 3.73. The maximum atomic E-state index is 14.7. The van der Waals surface area contributed by atoms with E-state index in [9.17, 15) is 24.2 Å². The number of likely N-dealkylation sites (N-methyl/N-ethyl adjacent to an activating group) is 1. The predicted molar refractivity (Wildman–Crippen MR) is 208 cm³/mol. The quantitative estimate of drug-likeness (QED) is 0.0522. The second-order valence-corrected chi connectivity index (χ2v) is 15.6. The number of aliphatic carboxylic acids is 1. The molecule has 0 aliphatic rings. The number of hydrogen-bond acceptors (Lipinski definition) is 12. The molecule has 2 aromatic carbocycles. The van der Waals surface area contributed by atoms with Crippen LogP contribution >= 0.6 is 22.7 Å². The second kappa shape index (κ2) is 18.7. The standard InChI is InChI=1S/C39H44FN7O5S2/c1-5-6-8-14-27-18-19-30(28(40)24-27)52-22-13-17-32-35(37(50)51)42-39(54-32)46(20-11-7-12-21-47(3,4)25-34(48)49)33-23-26(2)36(45-44-33)43-38-41-29-15-9-10-16-31(29)53-38/h9-10,15-16,18-19,23-24H,5-7,11-13,17,20-22,25H2,1-4H3,(H2-,41,43,45,48,49,50,51). The molecule has 0 spiro atoms. The highest BCUT2D eigenvalue weighted by atomic mass is 32.1. The lowest BCUT2D eigenvalue weighted by atomic mass is 10.2. The van der Waals surface area contributed by atoms with Crippen LogP contribution in [0.15, 0.2) is 48.5 Å². The fourth-order valence-corrected chi connectivity index (χ4v) is 7.67. The van der Waals surface area contributed by atoms with Crippen molar-refractivity contribution in [1.82, 2.24) is 20.2 Å². The van der Waals surface area contributed by atoms with E-state index in [1.807, 2.05) is 63.2 Å². The predicted octanol–water partition coefficient (Wildman–Crippen LogP) is 6.73. The minimum atomic E-state index is -1.39. The third-order valence-electron chi connectivity index (χ3n) is 8.43. The molecule has 0 amide bonds. The number of carbonyl (C=O) groups excluding carboxylic acids is 1. The van der Waals surface area contributed by atoms with E-state index in [4.69, 9.17) is 4.74 Å². The number of halogens is 1. The zero-order chi connectivity index (χ0) is 38.7. The minimum absolute atomic E-state index is 0.0346. The van der Waals surface area contributed by atoms with Crippen molar-refractivity contribution in [3.05, 3.63) is 76.0 Å².